The number of carbonyl (C=O) groups is 1. The summed E-state index contributed by atoms with van der Waals surface area (Å²) in [4.78, 5) is 13.1. The normalized spacial score (nSPS) is 54.6. The zero-order valence-corrected chi connectivity index (χ0v) is 14.6. The Hall–Kier alpha value is -0.670. The molecule has 1 spiro atoms. The van der Waals surface area contributed by atoms with Crippen molar-refractivity contribution in [2.75, 3.05) is 0 Å². The van der Waals surface area contributed by atoms with E-state index in [0.717, 1.165) is 32.1 Å². The van der Waals surface area contributed by atoms with E-state index in [2.05, 4.69) is 6.58 Å². The van der Waals surface area contributed by atoms with E-state index in [1.807, 2.05) is 20.8 Å². The Labute approximate surface area is 139 Å². The third kappa shape index (κ3) is 1.93. The fourth-order valence-corrected chi connectivity index (χ4v) is 6.73. The quantitative estimate of drug-likeness (QED) is 0.675. The molecule has 4 saturated carbocycles. The molecule has 0 aromatic rings. The number of fused-ring (bicyclic) bond motifs is 2. The molecule has 4 aliphatic rings. The second-order valence-electron chi connectivity index (χ2n) is 9.76. The highest BCUT2D eigenvalue weighted by molar-refractivity contribution is 5.88. The number of Topliss-reactive ketones (excluding diaryl/α,β-unsaturated/α-hetero) is 1. The molecule has 128 valence electrons. The van der Waals surface area contributed by atoms with Gasteiger partial charge in [-0.1, -0.05) is 26.0 Å². The third-order valence-electron chi connectivity index (χ3n) is 8.10. The average molecular weight is 318 g/mol. The van der Waals surface area contributed by atoms with E-state index in [9.17, 15) is 15.0 Å². The van der Waals surface area contributed by atoms with Gasteiger partial charge in [-0.2, -0.15) is 0 Å². The fraction of sp³-hybridized carbons (Fsp3) is 0.850. The Bertz CT molecular complexity index is 575. The number of hydrogen-bond donors (Lipinski definition) is 2. The van der Waals surface area contributed by atoms with Crippen LogP contribution < -0.4 is 0 Å². The van der Waals surface area contributed by atoms with Gasteiger partial charge in [0.15, 0.2) is 0 Å². The maximum absolute atomic E-state index is 13.1. The molecule has 0 amide bonds. The molecule has 0 aromatic heterocycles. The summed E-state index contributed by atoms with van der Waals surface area (Å²) in [5.74, 6) is 1.15. The van der Waals surface area contributed by atoms with Gasteiger partial charge >= 0.3 is 0 Å². The van der Waals surface area contributed by atoms with E-state index in [1.165, 1.54) is 5.57 Å². The van der Waals surface area contributed by atoms with Crippen molar-refractivity contribution in [1.29, 1.82) is 0 Å². The van der Waals surface area contributed by atoms with Crippen molar-refractivity contribution in [2.45, 2.75) is 71.0 Å². The molecule has 0 saturated heterocycles. The van der Waals surface area contributed by atoms with Crippen molar-refractivity contribution in [1.82, 2.24) is 0 Å². The van der Waals surface area contributed by atoms with Crippen LogP contribution in [0.15, 0.2) is 12.2 Å². The van der Waals surface area contributed by atoms with Crippen LogP contribution in [-0.4, -0.2) is 27.7 Å². The van der Waals surface area contributed by atoms with Crippen LogP contribution in [0.25, 0.3) is 0 Å². The molecule has 0 aromatic carbocycles. The number of hydrogen-bond acceptors (Lipinski definition) is 3. The SMILES string of the molecule is C=C1[C@H]2C[C@H](O)C(C)(C)C(=O)[C@@H]2C[C@@]23C[C@@H](CC[C@@H]12)[C@](C)(O)C3. The predicted octanol–water partition coefficient (Wildman–Crippen LogP) is 3.10. The first-order chi connectivity index (χ1) is 10.6. The average Bonchev–Trinajstić information content (AvgIpc) is 2.65. The minimum absolute atomic E-state index is 0.00944. The van der Waals surface area contributed by atoms with E-state index in [-0.39, 0.29) is 23.0 Å². The summed E-state index contributed by atoms with van der Waals surface area (Å²) in [5, 5.41) is 21.3. The molecular formula is C20H30O3. The number of aliphatic hydroxyl groups is 2. The van der Waals surface area contributed by atoms with Gasteiger partial charge in [0.1, 0.15) is 5.78 Å². The van der Waals surface area contributed by atoms with Crippen LogP contribution in [0.4, 0.5) is 0 Å². The van der Waals surface area contributed by atoms with Gasteiger partial charge < -0.3 is 10.2 Å². The minimum atomic E-state index is -0.653. The van der Waals surface area contributed by atoms with Crippen molar-refractivity contribution in [3.8, 4) is 0 Å². The monoisotopic (exact) mass is 318 g/mol. The van der Waals surface area contributed by atoms with Crippen LogP contribution in [-0.2, 0) is 4.79 Å². The third-order valence-corrected chi connectivity index (χ3v) is 8.10. The van der Waals surface area contributed by atoms with Crippen molar-refractivity contribution in [2.24, 2.45) is 34.5 Å². The number of allylic oxidation sites excluding steroid dienone is 1. The number of aliphatic hydroxyl groups excluding tert-OH is 1. The zero-order valence-electron chi connectivity index (χ0n) is 14.6. The molecule has 23 heavy (non-hydrogen) atoms. The standard InChI is InChI=1S/C20H30O3/c1-11-13-7-16(21)18(2,3)17(22)14(13)9-20-8-12(5-6-15(11)20)19(4,23)10-20/h12-16,21,23H,1,5-10H2,2-4H3/t12-,13-,14-,15+,16+,19-,20-/m1/s1. The largest absolute Gasteiger partial charge is 0.392 e. The topological polar surface area (TPSA) is 57.5 Å². The van der Waals surface area contributed by atoms with E-state index in [0.29, 0.717) is 18.3 Å². The molecule has 4 rings (SSSR count). The lowest BCUT2D eigenvalue weighted by molar-refractivity contribution is -0.151. The summed E-state index contributed by atoms with van der Waals surface area (Å²) in [6.45, 7) is 10.2. The van der Waals surface area contributed by atoms with Crippen molar-refractivity contribution >= 4 is 5.78 Å². The highest BCUT2D eigenvalue weighted by Crippen LogP contribution is 2.67. The smallest absolute Gasteiger partial charge is 0.144 e. The molecule has 2 bridgehead atoms. The second kappa shape index (κ2) is 4.49. The van der Waals surface area contributed by atoms with Crippen LogP contribution in [0, 0.1) is 34.5 Å². The van der Waals surface area contributed by atoms with Crippen LogP contribution >= 0.6 is 0 Å². The predicted molar refractivity (Wildman–Crippen MR) is 88.7 cm³/mol. The molecule has 4 fully saturated rings. The molecule has 3 heteroatoms. The Balaban J connectivity index is 1.73. The molecule has 0 aliphatic heterocycles. The van der Waals surface area contributed by atoms with Crippen LogP contribution in [0.3, 0.4) is 0 Å². The molecule has 0 heterocycles. The second-order valence-corrected chi connectivity index (χ2v) is 9.76. The number of ketones is 1. The van der Waals surface area contributed by atoms with E-state index in [1.54, 1.807) is 0 Å². The molecule has 7 atom stereocenters. The van der Waals surface area contributed by atoms with E-state index >= 15 is 0 Å². The lowest BCUT2D eigenvalue weighted by atomic mass is 9.48. The summed E-state index contributed by atoms with van der Waals surface area (Å²) in [5.41, 5.74) is 0.0215. The Morgan fingerprint density at radius 2 is 1.83 bits per heavy atom. The van der Waals surface area contributed by atoms with Crippen molar-refractivity contribution < 1.29 is 15.0 Å². The maximum Gasteiger partial charge on any atom is 0.144 e. The highest BCUT2D eigenvalue weighted by atomic mass is 16.3. The highest BCUT2D eigenvalue weighted by Gasteiger charge is 2.64. The minimum Gasteiger partial charge on any atom is -0.392 e. The first kappa shape index (κ1) is 15.8. The number of carbonyl (C=O) groups excluding carboxylic acids is 1. The van der Waals surface area contributed by atoms with E-state index in [4.69, 9.17) is 0 Å². The summed E-state index contributed by atoms with van der Waals surface area (Å²) < 4.78 is 0. The van der Waals surface area contributed by atoms with Crippen molar-refractivity contribution in [3.05, 3.63) is 12.2 Å². The summed E-state index contributed by atoms with van der Waals surface area (Å²) >= 11 is 0. The zero-order chi connectivity index (χ0) is 16.8. The van der Waals surface area contributed by atoms with Crippen molar-refractivity contribution in [3.63, 3.8) is 0 Å². The summed E-state index contributed by atoms with van der Waals surface area (Å²) in [7, 11) is 0. The molecular weight excluding hydrogens is 288 g/mol. The van der Waals surface area contributed by atoms with Gasteiger partial charge in [-0.05, 0) is 68.6 Å². The van der Waals surface area contributed by atoms with Gasteiger partial charge in [-0.25, -0.2) is 0 Å². The first-order valence-electron chi connectivity index (χ1n) is 9.22. The van der Waals surface area contributed by atoms with Gasteiger partial charge in [0.05, 0.1) is 11.7 Å². The van der Waals surface area contributed by atoms with Gasteiger partial charge in [-0.15, -0.1) is 0 Å². The summed E-state index contributed by atoms with van der Waals surface area (Å²) in [6, 6.07) is 0. The van der Waals surface area contributed by atoms with Gasteiger partial charge in [0.25, 0.3) is 0 Å². The Morgan fingerprint density at radius 3 is 2.52 bits per heavy atom. The molecule has 0 radical (unpaired) electrons. The van der Waals surface area contributed by atoms with Gasteiger partial charge in [-0.3, -0.25) is 4.79 Å². The van der Waals surface area contributed by atoms with Crippen LogP contribution in [0.1, 0.15) is 59.3 Å². The van der Waals surface area contributed by atoms with Crippen LogP contribution in [0.5, 0.6) is 0 Å². The molecule has 2 N–H and O–H groups in total. The lowest BCUT2D eigenvalue weighted by Crippen LogP contribution is -2.55. The summed E-state index contributed by atoms with van der Waals surface area (Å²) in [6.07, 6.45) is 5.02. The molecule has 4 aliphatic carbocycles. The lowest BCUT2D eigenvalue weighted by Gasteiger charge is -2.55. The van der Waals surface area contributed by atoms with Gasteiger partial charge in [0.2, 0.25) is 0 Å². The number of rotatable bonds is 0. The molecule has 0 unspecified atom stereocenters. The first-order valence-corrected chi connectivity index (χ1v) is 9.22. The van der Waals surface area contributed by atoms with Crippen LogP contribution in [0.2, 0.25) is 0 Å². The van der Waals surface area contributed by atoms with E-state index < -0.39 is 17.1 Å². The maximum atomic E-state index is 13.1. The molecule has 3 nitrogen and oxygen atoms in total. The Morgan fingerprint density at radius 1 is 1.13 bits per heavy atom. The Kier molecular flexibility index (Phi) is 3.09. The fourth-order valence-electron chi connectivity index (χ4n) is 6.73. The van der Waals surface area contributed by atoms with Gasteiger partial charge in [0, 0.05) is 11.3 Å².